The number of carbonyl (C=O) groups excluding carboxylic acids is 1. The van der Waals surface area contributed by atoms with Crippen LogP contribution in [0.25, 0.3) is 0 Å². The van der Waals surface area contributed by atoms with Crippen LogP contribution < -0.4 is 5.32 Å². The normalized spacial score (nSPS) is 11.9. The van der Waals surface area contributed by atoms with E-state index in [0.29, 0.717) is 5.56 Å². The number of carbonyl (C=O) groups is 1. The summed E-state index contributed by atoms with van der Waals surface area (Å²) in [4.78, 5) is 12.5. The fraction of sp³-hybridized carbons (Fsp3) is 0.353. The largest absolute Gasteiger partial charge is 0.417 e. The predicted octanol–water partition coefficient (Wildman–Crippen LogP) is 3.89. The Morgan fingerprint density at radius 1 is 1.35 bits per heavy atom. The van der Waals surface area contributed by atoms with E-state index in [9.17, 15) is 22.4 Å². The predicted molar refractivity (Wildman–Crippen MR) is 85.5 cm³/mol. The molecule has 0 bridgehead atoms. The molecule has 1 aromatic heterocycles. The summed E-state index contributed by atoms with van der Waals surface area (Å²) in [5, 5.41) is 15.1. The number of benzene rings is 1. The van der Waals surface area contributed by atoms with Crippen molar-refractivity contribution in [3.63, 3.8) is 0 Å². The Labute approximate surface area is 147 Å². The topological polar surface area (TPSA) is 70.7 Å². The second-order valence-electron chi connectivity index (χ2n) is 6.52. The summed E-state index contributed by atoms with van der Waals surface area (Å²) in [6.07, 6.45) is -2.61. The molecule has 138 valence electrons. The van der Waals surface area contributed by atoms with Crippen LogP contribution in [-0.4, -0.2) is 15.7 Å². The smallest absolute Gasteiger partial charge is 0.325 e. The number of nitrogens with one attached hydrogen (secondary N) is 1. The van der Waals surface area contributed by atoms with E-state index in [4.69, 9.17) is 5.26 Å². The molecule has 9 heteroatoms. The van der Waals surface area contributed by atoms with Crippen LogP contribution in [0, 0.1) is 29.5 Å². The van der Waals surface area contributed by atoms with E-state index < -0.39 is 34.4 Å². The molecule has 0 aliphatic carbocycles. The molecule has 1 N–H and O–H groups in total. The van der Waals surface area contributed by atoms with Crippen LogP contribution in [0.15, 0.2) is 24.5 Å². The summed E-state index contributed by atoms with van der Waals surface area (Å²) in [7, 11) is 0. The standard InChI is InChI=1S/C17H16F4N4O/c1-10-4-11(6-22)13(17(19,20)21)5-14(10)24-15(26)16(2,3)9-25-8-12(18)7-23-25/h4-5,7-8H,9H2,1-3H3,(H,24,26). The Balaban J connectivity index is 2.29. The highest BCUT2D eigenvalue weighted by atomic mass is 19.4. The molecule has 0 aliphatic heterocycles. The minimum absolute atomic E-state index is 0.0320. The number of amides is 1. The summed E-state index contributed by atoms with van der Waals surface area (Å²) in [6.45, 7) is 4.65. The average Bonchev–Trinajstić information content (AvgIpc) is 2.91. The van der Waals surface area contributed by atoms with Crippen molar-refractivity contribution >= 4 is 11.6 Å². The van der Waals surface area contributed by atoms with Gasteiger partial charge in [0.1, 0.15) is 0 Å². The number of nitriles is 1. The quantitative estimate of drug-likeness (QED) is 0.833. The van der Waals surface area contributed by atoms with Crippen LogP contribution >= 0.6 is 0 Å². The van der Waals surface area contributed by atoms with Gasteiger partial charge in [0.15, 0.2) is 5.82 Å². The molecule has 2 aromatic rings. The number of aromatic nitrogens is 2. The van der Waals surface area contributed by atoms with Crippen molar-refractivity contribution in [2.45, 2.75) is 33.5 Å². The highest BCUT2D eigenvalue weighted by molar-refractivity contribution is 5.95. The maximum absolute atomic E-state index is 13.1. The molecule has 0 atom stereocenters. The van der Waals surface area contributed by atoms with Crippen LogP contribution in [0.3, 0.4) is 0 Å². The molecule has 0 radical (unpaired) electrons. The molecule has 1 aromatic carbocycles. The fourth-order valence-corrected chi connectivity index (χ4v) is 2.36. The van der Waals surface area contributed by atoms with Crippen LogP contribution in [0.1, 0.15) is 30.5 Å². The van der Waals surface area contributed by atoms with Crippen molar-refractivity contribution in [1.29, 1.82) is 5.26 Å². The molecular formula is C17H16F4N4O. The van der Waals surface area contributed by atoms with Gasteiger partial charge in [0.2, 0.25) is 5.91 Å². The lowest BCUT2D eigenvalue weighted by molar-refractivity contribution is -0.137. The van der Waals surface area contributed by atoms with Crippen molar-refractivity contribution in [3.8, 4) is 6.07 Å². The average molecular weight is 368 g/mol. The molecule has 0 aliphatic rings. The van der Waals surface area contributed by atoms with E-state index in [2.05, 4.69) is 10.4 Å². The number of hydrogen-bond acceptors (Lipinski definition) is 3. The Morgan fingerprint density at radius 3 is 2.50 bits per heavy atom. The number of nitrogens with zero attached hydrogens (tertiary/aromatic N) is 3. The van der Waals surface area contributed by atoms with E-state index in [1.807, 2.05) is 0 Å². The monoisotopic (exact) mass is 368 g/mol. The van der Waals surface area contributed by atoms with Gasteiger partial charge in [-0.05, 0) is 38.5 Å². The highest BCUT2D eigenvalue weighted by Gasteiger charge is 2.35. The second kappa shape index (κ2) is 6.78. The second-order valence-corrected chi connectivity index (χ2v) is 6.52. The zero-order chi connectivity index (χ0) is 19.7. The lowest BCUT2D eigenvalue weighted by Gasteiger charge is -2.24. The Kier molecular flexibility index (Phi) is 5.07. The fourth-order valence-electron chi connectivity index (χ4n) is 2.36. The van der Waals surface area contributed by atoms with Gasteiger partial charge in [-0.25, -0.2) is 4.39 Å². The van der Waals surface area contributed by atoms with Crippen molar-refractivity contribution in [2.75, 3.05) is 5.32 Å². The van der Waals surface area contributed by atoms with Gasteiger partial charge in [0.25, 0.3) is 0 Å². The van der Waals surface area contributed by atoms with Gasteiger partial charge in [0.05, 0.1) is 41.5 Å². The third-order valence-electron chi connectivity index (χ3n) is 3.81. The summed E-state index contributed by atoms with van der Waals surface area (Å²) in [6, 6.07) is 3.33. The van der Waals surface area contributed by atoms with Crippen LogP contribution in [0.4, 0.5) is 23.2 Å². The zero-order valence-electron chi connectivity index (χ0n) is 14.3. The number of alkyl halides is 3. The summed E-state index contributed by atoms with van der Waals surface area (Å²) < 4.78 is 53.5. The minimum Gasteiger partial charge on any atom is -0.325 e. The third-order valence-corrected chi connectivity index (χ3v) is 3.81. The van der Waals surface area contributed by atoms with Gasteiger partial charge in [-0.2, -0.15) is 23.5 Å². The van der Waals surface area contributed by atoms with Crippen molar-refractivity contribution in [1.82, 2.24) is 9.78 Å². The first-order chi connectivity index (χ1) is 11.9. The molecule has 0 fully saturated rings. The van der Waals surface area contributed by atoms with Crippen molar-refractivity contribution in [2.24, 2.45) is 5.41 Å². The van der Waals surface area contributed by atoms with Gasteiger partial charge in [-0.15, -0.1) is 0 Å². The van der Waals surface area contributed by atoms with Crippen LogP contribution in [0.5, 0.6) is 0 Å². The van der Waals surface area contributed by atoms with Gasteiger partial charge in [-0.3, -0.25) is 9.48 Å². The molecule has 5 nitrogen and oxygen atoms in total. The molecular weight excluding hydrogens is 352 g/mol. The van der Waals surface area contributed by atoms with E-state index in [1.165, 1.54) is 17.7 Å². The molecule has 0 saturated heterocycles. The Morgan fingerprint density at radius 2 is 2.00 bits per heavy atom. The number of anilines is 1. The third kappa shape index (κ3) is 4.20. The van der Waals surface area contributed by atoms with Crippen LogP contribution in [-0.2, 0) is 17.5 Å². The van der Waals surface area contributed by atoms with Crippen molar-refractivity contribution < 1.29 is 22.4 Å². The van der Waals surface area contributed by atoms with Gasteiger partial charge in [-0.1, -0.05) is 0 Å². The number of hydrogen-bond donors (Lipinski definition) is 1. The maximum atomic E-state index is 13.1. The number of halogens is 4. The van der Waals surface area contributed by atoms with Gasteiger partial charge < -0.3 is 5.32 Å². The van der Waals surface area contributed by atoms with E-state index >= 15 is 0 Å². The SMILES string of the molecule is Cc1cc(C#N)c(C(F)(F)F)cc1NC(=O)C(C)(C)Cn1cc(F)cn1. The Bertz CT molecular complexity index is 878. The highest BCUT2D eigenvalue weighted by Crippen LogP contribution is 2.35. The minimum atomic E-state index is -4.72. The lowest BCUT2D eigenvalue weighted by Crippen LogP contribution is -2.35. The molecule has 26 heavy (non-hydrogen) atoms. The zero-order valence-corrected chi connectivity index (χ0v) is 14.3. The van der Waals surface area contributed by atoms with E-state index in [1.54, 1.807) is 13.8 Å². The molecule has 0 unspecified atom stereocenters. The summed E-state index contributed by atoms with van der Waals surface area (Å²) in [5.41, 5.74) is -2.42. The van der Waals surface area contributed by atoms with E-state index in [-0.39, 0.29) is 12.2 Å². The lowest BCUT2D eigenvalue weighted by atomic mass is 9.91. The number of rotatable bonds is 4. The van der Waals surface area contributed by atoms with E-state index in [0.717, 1.165) is 24.5 Å². The molecule has 0 spiro atoms. The maximum Gasteiger partial charge on any atom is 0.417 e. The first-order valence-electron chi connectivity index (χ1n) is 7.55. The summed E-state index contributed by atoms with van der Waals surface area (Å²) in [5.74, 6) is -1.12. The molecule has 1 amide bonds. The first-order valence-corrected chi connectivity index (χ1v) is 7.55. The molecule has 1 heterocycles. The number of aryl methyl sites for hydroxylation is 1. The van der Waals surface area contributed by atoms with Crippen molar-refractivity contribution in [3.05, 3.63) is 47.0 Å². The summed E-state index contributed by atoms with van der Waals surface area (Å²) >= 11 is 0. The van der Waals surface area contributed by atoms with Gasteiger partial charge in [0, 0.05) is 5.69 Å². The Hall–Kier alpha value is -2.89. The molecule has 0 saturated carbocycles. The molecule has 2 rings (SSSR count). The van der Waals surface area contributed by atoms with Crippen LogP contribution in [0.2, 0.25) is 0 Å². The first kappa shape index (κ1) is 19.4. The van der Waals surface area contributed by atoms with Gasteiger partial charge >= 0.3 is 6.18 Å².